The fraction of sp³-hybridized carbons (Fsp3) is 0.304. The fourth-order valence-electron chi connectivity index (χ4n) is 3.97. The molecule has 1 aliphatic rings. The number of para-hydroxylation sites is 1. The van der Waals surface area contributed by atoms with E-state index in [1.54, 1.807) is 36.4 Å². The normalized spacial score (nSPS) is 19.4. The van der Waals surface area contributed by atoms with Crippen LogP contribution in [0.1, 0.15) is 41.7 Å². The second-order valence-electron chi connectivity index (χ2n) is 7.61. The molecule has 156 valence electrons. The highest BCUT2D eigenvalue weighted by molar-refractivity contribution is 5.94. The summed E-state index contributed by atoms with van der Waals surface area (Å²) in [5.41, 5.74) is 0.420. The van der Waals surface area contributed by atoms with E-state index in [0.717, 1.165) is 25.3 Å². The van der Waals surface area contributed by atoms with E-state index >= 15 is 0 Å². The van der Waals surface area contributed by atoms with Gasteiger partial charge in [0.2, 0.25) is 0 Å². The minimum atomic E-state index is -4.51. The van der Waals surface area contributed by atoms with Crippen molar-refractivity contribution in [1.82, 2.24) is 10.3 Å². The summed E-state index contributed by atoms with van der Waals surface area (Å²) in [6.45, 7) is 0. The molecule has 1 aromatic heterocycles. The third kappa shape index (κ3) is 4.56. The highest BCUT2D eigenvalue weighted by atomic mass is 19.4. The summed E-state index contributed by atoms with van der Waals surface area (Å²) in [4.78, 5) is 16.2. The van der Waals surface area contributed by atoms with Crippen molar-refractivity contribution in [1.29, 1.82) is 0 Å². The predicted octanol–water partition coefficient (Wildman–Crippen LogP) is 5.41. The van der Waals surface area contributed by atoms with E-state index in [1.807, 2.05) is 18.2 Å². The summed E-state index contributed by atoms with van der Waals surface area (Å²) in [6, 6.07) is 16.8. The molecule has 0 aliphatic heterocycles. The molecule has 1 heterocycles. The highest BCUT2D eigenvalue weighted by Crippen LogP contribution is 2.34. The van der Waals surface area contributed by atoms with Crippen molar-refractivity contribution in [2.75, 3.05) is 5.32 Å². The van der Waals surface area contributed by atoms with Crippen LogP contribution in [-0.4, -0.2) is 23.0 Å². The van der Waals surface area contributed by atoms with Crippen molar-refractivity contribution >= 4 is 22.5 Å². The van der Waals surface area contributed by atoms with Gasteiger partial charge in [0, 0.05) is 28.7 Å². The van der Waals surface area contributed by atoms with Crippen LogP contribution >= 0.6 is 0 Å². The molecule has 1 fully saturated rings. The van der Waals surface area contributed by atoms with E-state index in [4.69, 9.17) is 0 Å². The smallest absolute Gasteiger partial charge is 0.382 e. The zero-order valence-electron chi connectivity index (χ0n) is 16.2. The van der Waals surface area contributed by atoms with Crippen molar-refractivity contribution in [3.05, 3.63) is 71.9 Å². The van der Waals surface area contributed by atoms with E-state index in [2.05, 4.69) is 15.6 Å². The van der Waals surface area contributed by atoms with Crippen molar-refractivity contribution < 1.29 is 18.0 Å². The lowest BCUT2D eigenvalue weighted by Gasteiger charge is -2.31. The Morgan fingerprint density at radius 3 is 2.43 bits per heavy atom. The zero-order valence-corrected chi connectivity index (χ0v) is 16.2. The third-order valence-corrected chi connectivity index (χ3v) is 5.41. The molecule has 0 radical (unpaired) electrons. The third-order valence-electron chi connectivity index (χ3n) is 5.41. The van der Waals surface area contributed by atoms with Gasteiger partial charge in [0.25, 0.3) is 5.91 Å². The Morgan fingerprint density at radius 2 is 1.67 bits per heavy atom. The Hall–Kier alpha value is -3.09. The van der Waals surface area contributed by atoms with E-state index in [1.165, 1.54) is 0 Å². The quantitative estimate of drug-likeness (QED) is 0.602. The largest absolute Gasteiger partial charge is 0.433 e. The number of carbonyl (C=O) groups is 1. The van der Waals surface area contributed by atoms with E-state index in [9.17, 15) is 18.0 Å². The number of alkyl halides is 3. The van der Waals surface area contributed by atoms with Crippen LogP contribution in [0.15, 0.2) is 60.7 Å². The molecule has 0 unspecified atom stereocenters. The molecule has 4 rings (SSSR count). The second kappa shape index (κ2) is 8.34. The van der Waals surface area contributed by atoms with Crippen molar-refractivity contribution in [3.8, 4) is 0 Å². The molecule has 7 heteroatoms. The van der Waals surface area contributed by atoms with Gasteiger partial charge in [-0.05, 0) is 49.9 Å². The van der Waals surface area contributed by atoms with Gasteiger partial charge in [-0.1, -0.05) is 36.4 Å². The molecule has 30 heavy (non-hydrogen) atoms. The number of halogens is 3. The van der Waals surface area contributed by atoms with Crippen molar-refractivity contribution in [3.63, 3.8) is 0 Å². The van der Waals surface area contributed by atoms with Crippen LogP contribution in [0.5, 0.6) is 0 Å². The predicted molar refractivity (Wildman–Crippen MR) is 110 cm³/mol. The minimum Gasteiger partial charge on any atom is -0.382 e. The van der Waals surface area contributed by atoms with Crippen molar-refractivity contribution in [2.45, 2.75) is 43.9 Å². The number of nitrogens with zero attached hydrogens (tertiary/aromatic N) is 1. The summed E-state index contributed by atoms with van der Waals surface area (Å²) in [6.07, 6.45) is -1.31. The molecule has 0 spiro atoms. The Kier molecular flexibility index (Phi) is 5.61. The lowest BCUT2D eigenvalue weighted by Crippen LogP contribution is -2.41. The van der Waals surface area contributed by atoms with Gasteiger partial charge in [0.1, 0.15) is 5.69 Å². The summed E-state index contributed by atoms with van der Waals surface area (Å²) in [5.74, 6) is -0.130. The van der Waals surface area contributed by atoms with Gasteiger partial charge in [-0.3, -0.25) is 4.79 Å². The topological polar surface area (TPSA) is 54.0 Å². The van der Waals surface area contributed by atoms with Gasteiger partial charge in [-0.2, -0.15) is 13.2 Å². The van der Waals surface area contributed by atoms with E-state index < -0.39 is 11.9 Å². The number of amides is 1. The highest BCUT2D eigenvalue weighted by Gasteiger charge is 2.34. The van der Waals surface area contributed by atoms with Gasteiger partial charge >= 0.3 is 6.18 Å². The number of fused-ring (bicyclic) bond motifs is 1. The van der Waals surface area contributed by atoms with Gasteiger partial charge in [-0.15, -0.1) is 0 Å². The van der Waals surface area contributed by atoms with E-state index in [0.29, 0.717) is 28.6 Å². The number of pyridine rings is 1. The molecular formula is C23H22F3N3O. The molecule has 1 saturated carbocycles. The number of benzene rings is 2. The summed E-state index contributed by atoms with van der Waals surface area (Å²) in [5, 5.41) is 6.99. The Balaban J connectivity index is 1.51. The van der Waals surface area contributed by atoms with Gasteiger partial charge in [0.05, 0.1) is 5.52 Å². The number of hydrogen-bond donors (Lipinski definition) is 2. The summed E-state index contributed by atoms with van der Waals surface area (Å²) < 4.78 is 39.9. The molecule has 3 aromatic rings. The first-order chi connectivity index (χ1) is 14.4. The van der Waals surface area contributed by atoms with Crippen molar-refractivity contribution in [2.24, 2.45) is 0 Å². The standard InChI is InChI=1S/C23H22F3N3O/c24-23(25,26)21-14-20(18-11-4-5-12-19(18)29-21)27-16-9-6-10-17(13-16)28-22(30)15-7-2-1-3-8-15/h1-5,7-8,11-12,14,16-17H,6,9-10,13H2,(H,27,29)(H,28,30)/t16-,17+/m0/s1. The fourth-order valence-corrected chi connectivity index (χ4v) is 3.97. The number of rotatable bonds is 4. The lowest BCUT2D eigenvalue weighted by molar-refractivity contribution is -0.140. The maximum absolute atomic E-state index is 13.3. The van der Waals surface area contributed by atoms with Crippen LogP contribution in [0.2, 0.25) is 0 Å². The minimum absolute atomic E-state index is 0.0286. The monoisotopic (exact) mass is 413 g/mol. The lowest BCUT2D eigenvalue weighted by atomic mass is 9.90. The van der Waals surface area contributed by atoms with Crippen LogP contribution in [0.3, 0.4) is 0 Å². The molecule has 0 bridgehead atoms. The Labute approximate surface area is 172 Å². The van der Waals surface area contributed by atoms with Crippen LogP contribution < -0.4 is 10.6 Å². The summed E-state index contributed by atoms with van der Waals surface area (Å²) >= 11 is 0. The molecular weight excluding hydrogens is 391 g/mol. The molecule has 4 nitrogen and oxygen atoms in total. The average molecular weight is 413 g/mol. The Morgan fingerprint density at radius 1 is 0.967 bits per heavy atom. The maximum atomic E-state index is 13.3. The number of anilines is 1. The van der Waals surface area contributed by atoms with Crippen LogP contribution in [0.25, 0.3) is 10.9 Å². The maximum Gasteiger partial charge on any atom is 0.433 e. The first-order valence-electron chi connectivity index (χ1n) is 9.99. The zero-order chi connectivity index (χ0) is 21.1. The number of hydrogen-bond acceptors (Lipinski definition) is 3. The second-order valence-corrected chi connectivity index (χ2v) is 7.61. The first kappa shape index (κ1) is 20.2. The number of nitrogens with one attached hydrogen (secondary N) is 2. The number of aromatic nitrogens is 1. The number of carbonyl (C=O) groups excluding carboxylic acids is 1. The molecule has 2 N–H and O–H groups in total. The van der Waals surface area contributed by atoms with Gasteiger partial charge in [-0.25, -0.2) is 4.98 Å². The average Bonchev–Trinajstić information content (AvgIpc) is 2.74. The van der Waals surface area contributed by atoms with E-state index in [-0.39, 0.29) is 18.0 Å². The molecule has 1 amide bonds. The van der Waals surface area contributed by atoms with Gasteiger partial charge in [0.15, 0.2) is 0 Å². The molecule has 1 aliphatic carbocycles. The SMILES string of the molecule is O=C(N[C@@H]1CCC[C@H](Nc2cc(C(F)(F)F)nc3ccccc23)C1)c1ccccc1. The first-order valence-corrected chi connectivity index (χ1v) is 9.99. The van der Waals surface area contributed by atoms with Crippen LogP contribution in [-0.2, 0) is 6.18 Å². The summed E-state index contributed by atoms with van der Waals surface area (Å²) in [7, 11) is 0. The Bertz CT molecular complexity index is 1040. The molecule has 0 saturated heterocycles. The molecule has 2 atom stereocenters. The molecule has 2 aromatic carbocycles. The van der Waals surface area contributed by atoms with Crippen LogP contribution in [0, 0.1) is 0 Å². The van der Waals surface area contributed by atoms with Gasteiger partial charge < -0.3 is 10.6 Å². The van der Waals surface area contributed by atoms with Crippen LogP contribution in [0.4, 0.5) is 18.9 Å².